The lowest BCUT2D eigenvalue weighted by molar-refractivity contribution is 0.600. The average Bonchev–Trinajstić information content (AvgIpc) is 3.12. The smallest absolute Gasteiger partial charge is 0.263 e. The molecule has 1 N–H and O–H groups in total. The number of benzene rings is 3. The molecule has 0 aliphatic carbocycles. The van der Waals surface area contributed by atoms with Crippen LogP contribution in [0.4, 0.5) is 5.82 Å². The quantitative estimate of drug-likeness (QED) is 0.456. The van der Waals surface area contributed by atoms with E-state index in [-0.39, 0.29) is 4.90 Å². The number of hydrogen-bond donors (Lipinski definition) is 1. The van der Waals surface area contributed by atoms with Crippen molar-refractivity contribution in [3.63, 3.8) is 0 Å². The molecule has 4 rings (SSSR count). The first kappa shape index (κ1) is 18.5. The van der Waals surface area contributed by atoms with Gasteiger partial charge in [-0.25, -0.2) is 13.1 Å². The monoisotopic (exact) mass is 453 g/mol. The van der Waals surface area contributed by atoms with Gasteiger partial charge in [-0.15, -0.1) is 0 Å². The molecule has 0 bridgehead atoms. The van der Waals surface area contributed by atoms with Crippen molar-refractivity contribution in [2.24, 2.45) is 0 Å². The first-order valence-corrected chi connectivity index (χ1v) is 10.8. The minimum atomic E-state index is -3.78. The molecule has 5 nitrogen and oxygen atoms in total. The second kappa shape index (κ2) is 7.61. The normalized spacial score (nSPS) is 11.3. The molecule has 140 valence electrons. The van der Waals surface area contributed by atoms with E-state index in [1.165, 1.54) is 0 Å². The van der Waals surface area contributed by atoms with Gasteiger partial charge in [-0.05, 0) is 30.3 Å². The predicted octanol–water partition coefficient (Wildman–Crippen LogP) is 5.10. The maximum absolute atomic E-state index is 12.9. The molecule has 1 heterocycles. The van der Waals surface area contributed by atoms with Crippen molar-refractivity contribution in [1.82, 2.24) is 9.78 Å². The molecular formula is C21H16BrN3O2S. The fraction of sp³-hybridized carbons (Fsp3) is 0. The second-order valence-electron chi connectivity index (χ2n) is 6.09. The van der Waals surface area contributed by atoms with Crippen LogP contribution in [0.5, 0.6) is 0 Å². The number of anilines is 1. The van der Waals surface area contributed by atoms with E-state index in [1.807, 2.05) is 60.7 Å². The number of aromatic nitrogens is 2. The van der Waals surface area contributed by atoms with E-state index in [0.717, 1.165) is 11.3 Å². The first-order valence-electron chi connectivity index (χ1n) is 8.52. The Bertz CT molecular complexity index is 1210. The van der Waals surface area contributed by atoms with Crippen LogP contribution in [0.25, 0.3) is 16.9 Å². The van der Waals surface area contributed by atoms with Gasteiger partial charge in [0.1, 0.15) is 5.82 Å². The van der Waals surface area contributed by atoms with Crippen LogP contribution in [0.15, 0.2) is 100 Å². The molecular weight excluding hydrogens is 438 g/mol. The summed E-state index contributed by atoms with van der Waals surface area (Å²) in [5.74, 6) is 0.366. The Hall–Kier alpha value is -2.90. The van der Waals surface area contributed by atoms with E-state index < -0.39 is 10.0 Å². The molecule has 0 unspecified atom stereocenters. The van der Waals surface area contributed by atoms with E-state index in [2.05, 4.69) is 25.8 Å². The van der Waals surface area contributed by atoms with Crippen molar-refractivity contribution in [2.75, 3.05) is 4.72 Å². The van der Waals surface area contributed by atoms with Crippen LogP contribution in [0.1, 0.15) is 0 Å². The molecule has 1 aromatic heterocycles. The van der Waals surface area contributed by atoms with Gasteiger partial charge in [0, 0.05) is 16.1 Å². The van der Waals surface area contributed by atoms with E-state index in [1.54, 1.807) is 35.0 Å². The predicted molar refractivity (Wildman–Crippen MR) is 114 cm³/mol. The Kier molecular flexibility index (Phi) is 5.02. The number of sulfonamides is 1. The molecule has 28 heavy (non-hydrogen) atoms. The molecule has 0 aliphatic heterocycles. The van der Waals surface area contributed by atoms with Crippen LogP contribution in [0.3, 0.4) is 0 Å². The average molecular weight is 454 g/mol. The van der Waals surface area contributed by atoms with Gasteiger partial charge in [0.05, 0.1) is 16.3 Å². The van der Waals surface area contributed by atoms with Crippen LogP contribution in [0, 0.1) is 0 Å². The lowest BCUT2D eigenvalue weighted by Gasteiger charge is -2.10. The second-order valence-corrected chi connectivity index (χ2v) is 8.69. The minimum absolute atomic E-state index is 0.170. The highest BCUT2D eigenvalue weighted by atomic mass is 79.9. The fourth-order valence-corrected chi connectivity index (χ4v) is 4.43. The van der Waals surface area contributed by atoms with Gasteiger partial charge >= 0.3 is 0 Å². The highest BCUT2D eigenvalue weighted by molar-refractivity contribution is 9.10. The molecule has 7 heteroatoms. The highest BCUT2D eigenvalue weighted by Gasteiger charge is 2.19. The molecule has 0 aliphatic rings. The minimum Gasteiger partial charge on any atom is -0.263 e. The fourth-order valence-electron chi connectivity index (χ4n) is 2.80. The summed E-state index contributed by atoms with van der Waals surface area (Å²) in [5, 5.41) is 4.63. The van der Waals surface area contributed by atoms with Gasteiger partial charge in [0.15, 0.2) is 0 Å². The zero-order chi connectivity index (χ0) is 19.6. The molecule has 0 saturated carbocycles. The molecule has 0 atom stereocenters. The van der Waals surface area contributed by atoms with E-state index in [4.69, 9.17) is 0 Å². The summed E-state index contributed by atoms with van der Waals surface area (Å²) in [4.78, 5) is 0.170. The number of rotatable bonds is 5. The van der Waals surface area contributed by atoms with Gasteiger partial charge in [-0.1, -0.05) is 70.5 Å². The third-order valence-corrected chi connectivity index (χ3v) is 5.97. The summed E-state index contributed by atoms with van der Waals surface area (Å²) >= 11 is 3.32. The van der Waals surface area contributed by atoms with Gasteiger partial charge in [0.2, 0.25) is 0 Å². The third kappa shape index (κ3) is 3.85. The number of hydrogen-bond acceptors (Lipinski definition) is 3. The van der Waals surface area contributed by atoms with Crippen molar-refractivity contribution in [2.45, 2.75) is 4.90 Å². The lowest BCUT2D eigenvalue weighted by Crippen LogP contribution is -2.15. The topological polar surface area (TPSA) is 64.0 Å². The van der Waals surface area contributed by atoms with Gasteiger partial charge < -0.3 is 0 Å². The zero-order valence-electron chi connectivity index (χ0n) is 14.7. The summed E-state index contributed by atoms with van der Waals surface area (Å²) < 4.78 is 30.8. The van der Waals surface area contributed by atoms with Crippen LogP contribution in [-0.2, 0) is 10.0 Å². The van der Waals surface area contributed by atoms with Crippen molar-refractivity contribution in [3.8, 4) is 16.9 Å². The van der Waals surface area contributed by atoms with Crippen LogP contribution >= 0.6 is 15.9 Å². The Balaban J connectivity index is 1.80. The SMILES string of the molecule is O=S(=O)(Nc1cc(-c2ccccc2)nn1-c1ccccc1)c1cccc(Br)c1. The summed E-state index contributed by atoms with van der Waals surface area (Å²) in [6.45, 7) is 0. The maximum atomic E-state index is 12.9. The molecule has 0 saturated heterocycles. The van der Waals surface area contributed by atoms with Crippen molar-refractivity contribution in [3.05, 3.63) is 95.5 Å². The summed E-state index contributed by atoms with van der Waals surface area (Å²) in [6, 6.07) is 27.3. The largest absolute Gasteiger partial charge is 0.263 e. The van der Waals surface area contributed by atoms with E-state index in [0.29, 0.717) is 16.0 Å². The molecule has 0 spiro atoms. The molecule has 4 aromatic rings. The third-order valence-electron chi connectivity index (χ3n) is 4.12. The zero-order valence-corrected chi connectivity index (χ0v) is 17.1. The number of para-hydroxylation sites is 1. The Morgan fingerprint density at radius 3 is 2.18 bits per heavy atom. The molecule has 3 aromatic carbocycles. The summed E-state index contributed by atoms with van der Waals surface area (Å²) in [5.41, 5.74) is 2.34. The van der Waals surface area contributed by atoms with Gasteiger partial charge in [-0.3, -0.25) is 4.72 Å². The van der Waals surface area contributed by atoms with Crippen molar-refractivity contribution < 1.29 is 8.42 Å². The number of halogens is 1. The van der Waals surface area contributed by atoms with Crippen LogP contribution in [-0.4, -0.2) is 18.2 Å². The van der Waals surface area contributed by atoms with Crippen LogP contribution < -0.4 is 4.72 Å². The highest BCUT2D eigenvalue weighted by Crippen LogP contribution is 2.27. The van der Waals surface area contributed by atoms with Crippen molar-refractivity contribution in [1.29, 1.82) is 0 Å². The molecule has 0 radical (unpaired) electrons. The lowest BCUT2D eigenvalue weighted by atomic mass is 10.2. The van der Waals surface area contributed by atoms with Crippen LogP contribution in [0.2, 0.25) is 0 Å². The van der Waals surface area contributed by atoms with Crippen molar-refractivity contribution >= 4 is 31.8 Å². The maximum Gasteiger partial charge on any atom is 0.263 e. The number of nitrogens with zero attached hydrogens (tertiary/aromatic N) is 2. The Labute approximate surface area is 171 Å². The van der Waals surface area contributed by atoms with Gasteiger partial charge in [0.25, 0.3) is 10.0 Å². The summed E-state index contributed by atoms with van der Waals surface area (Å²) in [6.07, 6.45) is 0. The first-order chi connectivity index (χ1) is 13.5. The number of nitrogens with one attached hydrogen (secondary N) is 1. The standard InChI is InChI=1S/C21H16BrN3O2S/c22-17-10-7-13-19(14-17)28(26,27)24-21-15-20(16-8-3-1-4-9-16)23-25(21)18-11-5-2-6-12-18/h1-15,24H. The van der Waals surface area contributed by atoms with Gasteiger partial charge in [-0.2, -0.15) is 5.10 Å². The molecule has 0 fully saturated rings. The van der Waals surface area contributed by atoms with E-state index in [9.17, 15) is 8.42 Å². The van der Waals surface area contributed by atoms with E-state index >= 15 is 0 Å². The summed E-state index contributed by atoms with van der Waals surface area (Å²) in [7, 11) is -3.78. The molecule has 0 amide bonds. The Morgan fingerprint density at radius 2 is 1.50 bits per heavy atom. The Morgan fingerprint density at radius 1 is 0.821 bits per heavy atom.